The van der Waals surface area contributed by atoms with Crippen LogP contribution in [0.1, 0.15) is 18.7 Å². The molecular weight excluding hydrogens is 270 g/mol. The Morgan fingerprint density at radius 1 is 1.38 bits per heavy atom. The molecule has 0 spiro atoms. The quantitative estimate of drug-likeness (QED) is 0.786. The average Bonchev–Trinajstić information content (AvgIpc) is 3.18. The number of carbonyl (C=O) groups is 1. The van der Waals surface area contributed by atoms with Crippen molar-refractivity contribution in [3.8, 4) is 0 Å². The zero-order valence-electron chi connectivity index (χ0n) is 12.2. The highest BCUT2D eigenvalue weighted by Gasteiger charge is 2.34. The molecule has 0 unspecified atom stereocenters. The van der Waals surface area contributed by atoms with Gasteiger partial charge in [-0.3, -0.25) is 9.69 Å². The first-order valence-corrected chi connectivity index (χ1v) is 7.61. The van der Waals surface area contributed by atoms with Gasteiger partial charge in [-0.25, -0.2) is 4.98 Å². The van der Waals surface area contributed by atoms with Crippen LogP contribution >= 0.6 is 0 Å². The van der Waals surface area contributed by atoms with E-state index in [2.05, 4.69) is 14.9 Å². The van der Waals surface area contributed by atoms with Crippen molar-refractivity contribution in [3.05, 3.63) is 18.2 Å². The Balaban J connectivity index is 1.46. The van der Waals surface area contributed by atoms with Crippen LogP contribution in [0.25, 0.3) is 0 Å². The van der Waals surface area contributed by atoms with E-state index in [1.54, 1.807) is 6.20 Å². The Bertz CT molecular complexity index is 456. The van der Waals surface area contributed by atoms with Crippen molar-refractivity contribution in [3.63, 3.8) is 0 Å². The first-order valence-electron chi connectivity index (χ1n) is 7.61. The maximum absolute atomic E-state index is 12.4. The molecule has 2 saturated heterocycles. The molecular formula is C14H23N5O2. The Kier molecular flexibility index (Phi) is 4.52. The number of carbonyl (C=O) groups excluding carboxylic acids is 1. The molecule has 2 aliphatic rings. The molecule has 2 aliphatic heterocycles. The van der Waals surface area contributed by atoms with Gasteiger partial charge in [-0.1, -0.05) is 0 Å². The average molecular weight is 293 g/mol. The second kappa shape index (κ2) is 6.55. The molecule has 1 aromatic heterocycles. The Hall–Kier alpha value is -1.44. The Morgan fingerprint density at radius 2 is 2.19 bits per heavy atom. The number of aromatic amines is 1. The van der Waals surface area contributed by atoms with Crippen molar-refractivity contribution >= 4 is 5.91 Å². The third kappa shape index (κ3) is 3.42. The molecule has 3 heterocycles. The summed E-state index contributed by atoms with van der Waals surface area (Å²) in [5.41, 5.74) is 5.59. The number of amides is 1. The molecule has 7 heteroatoms. The number of H-pyrrole nitrogens is 1. The van der Waals surface area contributed by atoms with E-state index in [4.69, 9.17) is 10.5 Å². The number of ether oxygens (including phenoxy) is 1. The lowest BCUT2D eigenvalue weighted by molar-refractivity contribution is -0.144. The van der Waals surface area contributed by atoms with Crippen LogP contribution in [0.5, 0.6) is 0 Å². The number of nitrogens with zero attached hydrogens (tertiary/aromatic N) is 3. The molecule has 7 nitrogen and oxygen atoms in total. The predicted molar refractivity (Wildman–Crippen MR) is 77.4 cm³/mol. The third-order valence-corrected chi connectivity index (χ3v) is 4.26. The highest BCUT2D eigenvalue weighted by atomic mass is 16.5. The topological polar surface area (TPSA) is 87.5 Å². The predicted octanol–water partition coefficient (Wildman–Crippen LogP) is -0.440. The second-order valence-corrected chi connectivity index (χ2v) is 5.70. The highest BCUT2D eigenvalue weighted by molar-refractivity contribution is 5.81. The van der Waals surface area contributed by atoms with Gasteiger partial charge in [-0.15, -0.1) is 0 Å². The standard InChI is InChI=1S/C14H23N5O2/c15-9-11-1-2-12(21-11)14(20)19-7-5-18(6-8-19)10-13-16-3-4-17-13/h3-4,11-12H,1-2,5-10,15H2,(H,16,17)/t11-,12+/m1/s1. The fourth-order valence-corrected chi connectivity index (χ4v) is 2.99. The van der Waals surface area contributed by atoms with Gasteiger partial charge in [0.05, 0.1) is 12.6 Å². The maximum Gasteiger partial charge on any atom is 0.251 e. The molecule has 1 aromatic rings. The molecule has 2 atom stereocenters. The van der Waals surface area contributed by atoms with Crippen LogP contribution in [-0.4, -0.2) is 70.6 Å². The minimum absolute atomic E-state index is 0.0548. The number of hydrogen-bond donors (Lipinski definition) is 2. The molecule has 2 fully saturated rings. The summed E-state index contributed by atoms with van der Waals surface area (Å²) in [5, 5.41) is 0. The summed E-state index contributed by atoms with van der Waals surface area (Å²) in [4.78, 5) is 24.0. The summed E-state index contributed by atoms with van der Waals surface area (Å²) in [7, 11) is 0. The number of rotatable bonds is 4. The van der Waals surface area contributed by atoms with Crippen LogP contribution in [0, 0.1) is 0 Å². The minimum Gasteiger partial charge on any atom is -0.364 e. The van der Waals surface area contributed by atoms with Crippen molar-refractivity contribution in [1.29, 1.82) is 0 Å². The van der Waals surface area contributed by atoms with Gasteiger partial charge in [-0.2, -0.15) is 0 Å². The summed E-state index contributed by atoms with van der Waals surface area (Å²) in [6, 6.07) is 0. The molecule has 116 valence electrons. The van der Waals surface area contributed by atoms with Crippen molar-refractivity contribution in [2.45, 2.75) is 31.6 Å². The lowest BCUT2D eigenvalue weighted by Gasteiger charge is -2.35. The monoisotopic (exact) mass is 293 g/mol. The van der Waals surface area contributed by atoms with Gasteiger partial charge in [0.2, 0.25) is 0 Å². The fourth-order valence-electron chi connectivity index (χ4n) is 2.99. The van der Waals surface area contributed by atoms with E-state index in [1.807, 2.05) is 11.1 Å². The molecule has 0 aromatic carbocycles. The van der Waals surface area contributed by atoms with E-state index in [0.717, 1.165) is 51.4 Å². The summed E-state index contributed by atoms with van der Waals surface area (Å²) in [6.45, 7) is 4.57. The molecule has 3 rings (SSSR count). The maximum atomic E-state index is 12.4. The van der Waals surface area contributed by atoms with Crippen LogP contribution in [0.15, 0.2) is 12.4 Å². The number of nitrogens with one attached hydrogen (secondary N) is 1. The SMILES string of the molecule is NC[C@H]1CC[C@@H](C(=O)N2CCN(Cc3ncc[nH]3)CC2)O1. The van der Waals surface area contributed by atoms with Gasteiger partial charge in [0.1, 0.15) is 11.9 Å². The van der Waals surface area contributed by atoms with Gasteiger partial charge in [0.15, 0.2) is 0 Å². The lowest BCUT2D eigenvalue weighted by Crippen LogP contribution is -2.51. The molecule has 21 heavy (non-hydrogen) atoms. The summed E-state index contributed by atoms with van der Waals surface area (Å²) >= 11 is 0. The Labute approximate surface area is 124 Å². The van der Waals surface area contributed by atoms with E-state index < -0.39 is 0 Å². The van der Waals surface area contributed by atoms with Gasteiger partial charge in [0.25, 0.3) is 5.91 Å². The van der Waals surface area contributed by atoms with E-state index in [0.29, 0.717) is 6.54 Å². The van der Waals surface area contributed by atoms with Gasteiger partial charge in [0, 0.05) is 45.1 Å². The number of piperazine rings is 1. The van der Waals surface area contributed by atoms with Crippen LogP contribution in [0.2, 0.25) is 0 Å². The number of nitrogens with two attached hydrogens (primary N) is 1. The molecule has 3 N–H and O–H groups in total. The summed E-state index contributed by atoms with van der Waals surface area (Å²) in [5.74, 6) is 1.10. The Morgan fingerprint density at radius 3 is 2.81 bits per heavy atom. The number of imidazole rings is 1. The largest absolute Gasteiger partial charge is 0.364 e. The molecule has 0 saturated carbocycles. The third-order valence-electron chi connectivity index (χ3n) is 4.26. The molecule has 0 radical (unpaired) electrons. The van der Waals surface area contributed by atoms with Crippen molar-refractivity contribution in [2.75, 3.05) is 32.7 Å². The number of hydrogen-bond acceptors (Lipinski definition) is 5. The van der Waals surface area contributed by atoms with E-state index in [9.17, 15) is 4.79 Å². The smallest absolute Gasteiger partial charge is 0.251 e. The van der Waals surface area contributed by atoms with Crippen molar-refractivity contribution in [2.24, 2.45) is 5.73 Å². The van der Waals surface area contributed by atoms with Crippen molar-refractivity contribution < 1.29 is 9.53 Å². The van der Waals surface area contributed by atoms with Crippen LogP contribution < -0.4 is 5.73 Å². The van der Waals surface area contributed by atoms with Gasteiger partial charge >= 0.3 is 0 Å². The first kappa shape index (κ1) is 14.5. The van der Waals surface area contributed by atoms with Gasteiger partial charge < -0.3 is 20.4 Å². The van der Waals surface area contributed by atoms with Gasteiger partial charge in [-0.05, 0) is 12.8 Å². The van der Waals surface area contributed by atoms with Crippen LogP contribution in [-0.2, 0) is 16.1 Å². The highest BCUT2D eigenvalue weighted by Crippen LogP contribution is 2.21. The first-order chi connectivity index (χ1) is 10.3. The number of aromatic nitrogens is 2. The fraction of sp³-hybridized carbons (Fsp3) is 0.714. The summed E-state index contributed by atoms with van der Waals surface area (Å²) in [6.07, 6.45) is 5.06. The van der Waals surface area contributed by atoms with Crippen LogP contribution in [0.4, 0.5) is 0 Å². The van der Waals surface area contributed by atoms with Crippen LogP contribution in [0.3, 0.4) is 0 Å². The normalized spacial score (nSPS) is 27.2. The van der Waals surface area contributed by atoms with E-state index in [1.165, 1.54) is 0 Å². The lowest BCUT2D eigenvalue weighted by atomic mass is 10.1. The second-order valence-electron chi connectivity index (χ2n) is 5.70. The van der Waals surface area contributed by atoms with E-state index in [-0.39, 0.29) is 18.1 Å². The zero-order valence-corrected chi connectivity index (χ0v) is 12.2. The molecule has 1 amide bonds. The zero-order chi connectivity index (χ0) is 14.7. The minimum atomic E-state index is -0.282. The van der Waals surface area contributed by atoms with Crippen molar-refractivity contribution in [1.82, 2.24) is 19.8 Å². The molecule has 0 bridgehead atoms. The van der Waals surface area contributed by atoms with E-state index >= 15 is 0 Å². The molecule has 0 aliphatic carbocycles. The summed E-state index contributed by atoms with van der Waals surface area (Å²) < 4.78 is 5.69.